The Kier molecular flexibility index (Phi) is 3.42. The van der Waals surface area contributed by atoms with Crippen LogP contribution in [0.25, 0.3) is 0 Å². The van der Waals surface area contributed by atoms with Crippen molar-refractivity contribution in [2.45, 2.75) is 50.7 Å². The molecule has 0 radical (unpaired) electrons. The molecule has 0 bridgehead atoms. The van der Waals surface area contributed by atoms with E-state index < -0.39 is 11.7 Å². The maximum absolute atomic E-state index is 12.7. The van der Waals surface area contributed by atoms with E-state index in [9.17, 15) is 13.2 Å². The fourth-order valence-corrected chi connectivity index (χ4v) is 2.18. The second kappa shape index (κ2) is 4.51. The van der Waals surface area contributed by atoms with Gasteiger partial charge in [0.1, 0.15) is 0 Å². The summed E-state index contributed by atoms with van der Waals surface area (Å²) in [6, 6.07) is 5.76. The van der Waals surface area contributed by atoms with E-state index in [0.29, 0.717) is 0 Å². The summed E-state index contributed by atoms with van der Waals surface area (Å²) in [5, 5.41) is 3.40. The van der Waals surface area contributed by atoms with E-state index in [0.717, 1.165) is 31.0 Å². The molecule has 4 heteroatoms. The number of halogens is 3. The molecule has 1 aromatic rings. The average molecular weight is 271 g/mol. The van der Waals surface area contributed by atoms with Crippen molar-refractivity contribution in [3.63, 3.8) is 0 Å². The zero-order valence-electron chi connectivity index (χ0n) is 11.6. The van der Waals surface area contributed by atoms with Crippen LogP contribution in [0.1, 0.15) is 44.7 Å². The molecule has 106 valence electrons. The molecule has 1 N–H and O–H groups in total. The Hall–Kier alpha value is -1.03. The normalized spacial score (nSPS) is 18.4. The van der Waals surface area contributed by atoms with Crippen molar-refractivity contribution >= 4 is 0 Å². The fourth-order valence-electron chi connectivity index (χ4n) is 2.18. The lowest BCUT2D eigenvalue weighted by Crippen LogP contribution is -2.41. The Morgan fingerprint density at radius 2 is 1.79 bits per heavy atom. The molecule has 2 rings (SSSR count). The lowest BCUT2D eigenvalue weighted by molar-refractivity contribution is -0.137. The number of hydrogen-bond donors (Lipinski definition) is 1. The molecule has 0 atom stereocenters. The largest absolute Gasteiger partial charge is 0.416 e. The quantitative estimate of drug-likeness (QED) is 0.871. The van der Waals surface area contributed by atoms with Crippen LogP contribution in [0.3, 0.4) is 0 Å². The molecule has 0 amide bonds. The summed E-state index contributed by atoms with van der Waals surface area (Å²) in [4.78, 5) is 0. The molecular formula is C15H20F3N. The smallest absolute Gasteiger partial charge is 0.311 e. The number of hydrogen-bond acceptors (Lipinski definition) is 1. The molecule has 0 heterocycles. The van der Waals surface area contributed by atoms with Crippen LogP contribution in [-0.2, 0) is 11.6 Å². The first-order valence-corrected chi connectivity index (χ1v) is 6.55. The Bertz CT molecular complexity index is 453. The first-order chi connectivity index (χ1) is 8.62. The van der Waals surface area contributed by atoms with Gasteiger partial charge >= 0.3 is 6.18 Å². The van der Waals surface area contributed by atoms with Crippen LogP contribution in [0.5, 0.6) is 0 Å². The summed E-state index contributed by atoms with van der Waals surface area (Å²) in [6.45, 7) is 6.93. The van der Waals surface area contributed by atoms with E-state index in [1.165, 1.54) is 12.1 Å². The van der Waals surface area contributed by atoms with E-state index in [-0.39, 0.29) is 11.0 Å². The Morgan fingerprint density at radius 3 is 2.26 bits per heavy atom. The first kappa shape index (κ1) is 14.4. The molecule has 0 aromatic heterocycles. The molecule has 0 spiro atoms. The number of rotatable bonds is 3. The van der Waals surface area contributed by atoms with Gasteiger partial charge < -0.3 is 5.32 Å². The van der Waals surface area contributed by atoms with Gasteiger partial charge in [-0.15, -0.1) is 0 Å². The van der Waals surface area contributed by atoms with Crippen molar-refractivity contribution in [2.75, 3.05) is 6.54 Å². The lowest BCUT2D eigenvalue weighted by Gasteiger charge is -2.26. The predicted octanol–water partition coefficient (Wildman–Crippen LogP) is 4.13. The monoisotopic (exact) mass is 271 g/mol. The van der Waals surface area contributed by atoms with Crippen LogP contribution in [0.4, 0.5) is 13.2 Å². The zero-order chi connectivity index (χ0) is 14.3. The highest BCUT2D eigenvalue weighted by Gasteiger charge is 2.45. The van der Waals surface area contributed by atoms with Crippen molar-refractivity contribution in [1.29, 1.82) is 0 Å². The minimum absolute atomic E-state index is 0.0166. The van der Waals surface area contributed by atoms with Crippen molar-refractivity contribution in [3.8, 4) is 0 Å². The van der Waals surface area contributed by atoms with Crippen molar-refractivity contribution < 1.29 is 13.2 Å². The van der Waals surface area contributed by atoms with E-state index in [2.05, 4.69) is 26.1 Å². The molecule has 1 saturated carbocycles. The first-order valence-electron chi connectivity index (χ1n) is 6.55. The van der Waals surface area contributed by atoms with Gasteiger partial charge in [-0.1, -0.05) is 18.2 Å². The molecular weight excluding hydrogens is 251 g/mol. The van der Waals surface area contributed by atoms with Crippen LogP contribution in [0.15, 0.2) is 24.3 Å². The van der Waals surface area contributed by atoms with E-state index in [4.69, 9.17) is 0 Å². The highest BCUT2D eigenvalue weighted by atomic mass is 19.4. The van der Waals surface area contributed by atoms with Crippen LogP contribution >= 0.6 is 0 Å². The van der Waals surface area contributed by atoms with E-state index in [1.807, 2.05) is 6.07 Å². The second-order valence-corrected chi connectivity index (χ2v) is 6.46. The van der Waals surface area contributed by atoms with Gasteiger partial charge in [0.2, 0.25) is 0 Å². The van der Waals surface area contributed by atoms with Gasteiger partial charge in [-0.25, -0.2) is 0 Å². The highest BCUT2D eigenvalue weighted by Crippen LogP contribution is 2.48. The molecule has 0 aliphatic heterocycles. The third-order valence-electron chi connectivity index (χ3n) is 3.61. The van der Waals surface area contributed by atoms with Gasteiger partial charge in [0, 0.05) is 17.5 Å². The Morgan fingerprint density at radius 1 is 1.16 bits per heavy atom. The average Bonchev–Trinajstić information content (AvgIpc) is 3.06. The van der Waals surface area contributed by atoms with Crippen molar-refractivity contribution in [1.82, 2.24) is 5.32 Å². The molecule has 0 saturated heterocycles. The number of nitrogens with one attached hydrogen (secondary N) is 1. The molecule has 1 aromatic carbocycles. The van der Waals surface area contributed by atoms with Gasteiger partial charge in [0.05, 0.1) is 5.56 Å². The van der Waals surface area contributed by atoms with Crippen LogP contribution in [-0.4, -0.2) is 12.1 Å². The highest BCUT2D eigenvalue weighted by molar-refractivity contribution is 5.36. The van der Waals surface area contributed by atoms with Crippen LogP contribution in [0.2, 0.25) is 0 Å². The summed E-state index contributed by atoms with van der Waals surface area (Å²) >= 11 is 0. The topological polar surface area (TPSA) is 12.0 Å². The van der Waals surface area contributed by atoms with Crippen LogP contribution in [0, 0.1) is 0 Å². The number of alkyl halides is 3. The van der Waals surface area contributed by atoms with Gasteiger partial charge in [-0.2, -0.15) is 13.2 Å². The third kappa shape index (κ3) is 3.50. The van der Waals surface area contributed by atoms with Gasteiger partial charge in [-0.05, 0) is 45.2 Å². The molecule has 1 nitrogen and oxygen atoms in total. The third-order valence-corrected chi connectivity index (χ3v) is 3.61. The number of benzene rings is 1. The minimum atomic E-state index is -4.26. The van der Waals surface area contributed by atoms with Gasteiger partial charge in [-0.3, -0.25) is 0 Å². The predicted molar refractivity (Wildman–Crippen MR) is 70.1 cm³/mol. The fraction of sp³-hybridized carbons (Fsp3) is 0.600. The molecule has 1 fully saturated rings. The summed E-state index contributed by atoms with van der Waals surface area (Å²) in [6.07, 6.45) is -2.35. The molecule has 1 aliphatic carbocycles. The van der Waals surface area contributed by atoms with E-state index >= 15 is 0 Å². The lowest BCUT2D eigenvalue weighted by atomic mass is 9.93. The van der Waals surface area contributed by atoms with Crippen LogP contribution < -0.4 is 5.32 Å². The standard InChI is InChI=1S/C15H20F3N/c1-13(2,3)19-10-14(7-8-14)11-5-4-6-12(9-11)15(16,17)18/h4-6,9,19H,7-8,10H2,1-3H3. The summed E-state index contributed by atoms with van der Waals surface area (Å²) < 4.78 is 38.2. The maximum atomic E-state index is 12.7. The molecule has 1 aliphatic rings. The maximum Gasteiger partial charge on any atom is 0.416 e. The SMILES string of the molecule is CC(C)(C)NCC1(c2cccc(C(F)(F)F)c2)CC1. The Balaban J connectivity index is 2.18. The van der Waals surface area contributed by atoms with E-state index in [1.54, 1.807) is 0 Å². The van der Waals surface area contributed by atoms with Crippen molar-refractivity contribution in [3.05, 3.63) is 35.4 Å². The molecule has 19 heavy (non-hydrogen) atoms. The minimum Gasteiger partial charge on any atom is -0.311 e. The summed E-state index contributed by atoms with van der Waals surface area (Å²) in [7, 11) is 0. The van der Waals surface area contributed by atoms with Gasteiger partial charge in [0.15, 0.2) is 0 Å². The molecule has 0 unspecified atom stereocenters. The van der Waals surface area contributed by atoms with Gasteiger partial charge in [0.25, 0.3) is 0 Å². The van der Waals surface area contributed by atoms with Crippen molar-refractivity contribution in [2.24, 2.45) is 0 Å². The summed E-state index contributed by atoms with van der Waals surface area (Å²) in [5.74, 6) is 0. The Labute approximate surface area is 112 Å². The second-order valence-electron chi connectivity index (χ2n) is 6.46. The summed E-state index contributed by atoms with van der Waals surface area (Å²) in [5.41, 5.74) is 0.136. The zero-order valence-corrected chi connectivity index (χ0v) is 11.6.